The van der Waals surface area contributed by atoms with Crippen molar-refractivity contribution in [3.63, 3.8) is 0 Å². The van der Waals surface area contributed by atoms with Gasteiger partial charge in [-0.1, -0.05) is 12.5 Å². The average Bonchev–Trinajstić information content (AvgIpc) is 2.92. The lowest BCUT2D eigenvalue weighted by molar-refractivity contribution is 0.0879. The van der Waals surface area contributed by atoms with E-state index in [2.05, 4.69) is 28.7 Å². The molecule has 0 saturated carbocycles. The van der Waals surface area contributed by atoms with Crippen LogP contribution >= 0.6 is 0 Å². The van der Waals surface area contributed by atoms with Gasteiger partial charge in [0.05, 0.1) is 16.6 Å². The normalized spacial score (nSPS) is 17.2. The van der Waals surface area contributed by atoms with Crippen molar-refractivity contribution in [2.24, 2.45) is 5.73 Å². The van der Waals surface area contributed by atoms with Gasteiger partial charge in [-0.25, -0.2) is 4.98 Å². The Morgan fingerprint density at radius 3 is 2.67 bits per heavy atom. The number of benzene rings is 1. The van der Waals surface area contributed by atoms with Gasteiger partial charge in [-0.05, 0) is 51.9 Å². The number of primary amides is 1. The maximum atomic E-state index is 11.5. The van der Waals surface area contributed by atoms with Gasteiger partial charge in [-0.15, -0.1) is 0 Å². The van der Waals surface area contributed by atoms with E-state index in [0.29, 0.717) is 11.1 Å². The molecular formula is C16H22N4O. The third-order valence-corrected chi connectivity index (χ3v) is 4.50. The number of likely N-dealkylation sites (tertiary alicyclic amines) is 1. The highest BCUT2D eigenvalue weighted by molar-refractivity contribution is 6.04. The fourth-order valence-corrected chi connectivity index (χ4v) is 3.12. The zero-order valence-corrected chi connectivity index (χ0v) is 12.6. The van der Waals surface area contributed by atoms with Gasteiger partial charge in [0.15, 0.2) is 0 Å². The average molecular weight is 286 g/mol. The number of rotatable bonds is 3. The minimum Gasteiger partial charge on any atom is -0.366 e. The van der Waals surface area contributed by atoms with Crippen LogP contribution in [-0.4, -0.2) is 33.9 Å². The number of fused-ring (bicyclic) bond motifs is 1. The molecule has 112 valence electrons. The molecule has 0 radical (unpaired) electrons. The van der Waals surface area contributed by atoms with Gasteiger partial charge in [0.25, 0.3) is 5.91 Å². The summed E-state index contributed by atoms with van der Waals surface area (Å²) in [5.74, 6) is 0.461. The number of para-hydroxylation sites is 1. The number of amides is 1. The summed E-state index contributed by atoms with van der Waals surface area (Å²) in [5.41, 5.74) is 7.28. The van der Waals surface area contributed by atoms with Crippen molar-refractivity contribution >= 4 is 16.9 Å². The Labute approximate surface area is 124 Å². The maximum absolute atomic E-state index is 11.5. The molecule has 5 heteroatoms. The van der Waals surface area contributed by atoms with Crippen molar-refractivity contribution in [1.29, 1.82) is 0 Å². The topological polar surface area (TPSA) is 75.0 Å². The summed E-state index contributed by atoms with van der Waals surface area (Å²) in [6, 6.07) is 5.49. The molecule has 21 heavy (non-hydrogen) atoms. The number of nitrogens with one attached hydrogen (secondary N) is 1. The van der Waals surface area contributed by atoms with E-state index in [1.54, 1.807) is 6.07 Å². The predicted octanol–water partition coefficient (Wildman–Crippen LogP) is 2.38. The number of nitrogens with zero attached hydrogens (tertiary/aromatic N) is 2. The van der Waals surface area contributed by atoms with Crippen LogP contribution in [0.4, 0.5) is 0 Å². The van der Waals surface area contributed by atoms with Gasteiger partial charge in [-0.2, -0.15) is 0 Å². The molecule has 1 aromatic heterocycles. The Morgan fingerprint density at radius 2 is 2.00 bits per heavy atom. The second-order valence-electron chi connectivity index (χ2n) is 6.26. The van der Waals surface area contributed by atoms with Crippen molar-refractivity contribution in [1.82, 2.24) is 14.9 Å². The van der Waals surface area contributed by atoms with E-state index in [1.165, 1.54) is 19.3 Å². The molecule has 2 heterocycles. The summed E-state index contributed by atoms with van der Waals surface area (Å²) in [6.45, 7) is 6.54. The molecule has 3 N–H and O–H groups in total. The molecule has 1 saturated heterocycles. The summed E-state index contributed by atoms with van der Waals surface area (Å²) in [7, 11) is 0. The van der Waals surface area contributed by atoms with Gasteiger partial charge >= 0.3 is 0 Å². The van der Waals surface area contributed by atoms with Gasteiger partial charge in [0.1, 0.15) is 11.3 Å². The number of hydrogen-bond acceptors (Lipinski definition) is 3. The van der Waals surface area contributed by atoms with Crippen molar-refractivity contribution in [2.75, 3.05) is 13.1 Å². The van der Waals surface area contributed by atoms with Crippen molar-refractivity contribution in [2.45, 2.75) is 38.6 Å². The predicted molar refractivity (Wildman–Crippen MR) is 83.1 cm³/mol. The zero-order chi connectivity index (χ0) is 15.0. The first-order chi connectivity index (χ1) is 10.00. The highest BCUT2D eigenvalue weighted by atomic mass is 16.1. The lowest BCUT2D eigenvalue weighted by Gasteiger charge is -2.39. The number of carbonyl (C=O) groups excluding carboxylic acids is 1. The van der Waals surface area contributed by atoms with Crippen LogP contribution in [0.2, 0.25) is 0 Å². The molecule has 1 aromatic carbocycles. The Hall–Kier alpha value is -1.88. The van der Waals surface area contributed by atoms with Crippen LogP contribution in [0, 0.1) is 0 Å². The molecule has 0 atom stereocenters. The summed E-state index contributed by atoms with van der Waals surface area (Å²) >= 11 is 0. The van der Waals surface area contributed by atoms with E-state index in [0.717, 1.165) is 24.4 Å². The quantitative estimate of drug-likeness (QED) is 0.909. The lowest BCUT2D eigenvalue weighted by Crippen LogP contribution is -2.45. The van der Waals surface area contributed by atoms with Crippen molar-refractivity contribution in [3.8, 4) is 0 Å². The Bertz CT molecular complexity index is 668. The first kappa shape index (κ1) is 14.1. The van der Waals surface area contributed by atoms with E-state index >= 15 is 0 Å². The number of nitrogens with two attached hydrogens (primary N) is 1. The highest BCUT2D eigenvalue weighted by Crippen LogP contribution is 2.30. The van der Waals surface area contributed by atoms with E-state index in [-0.39, 0.29) is 5.54 Å². The summed E-state index contributed by atoms with van der Waals surface area (Å²) < 4.78 is 0. The van der Waals surface area contributed by atoms with Crippen LogP contribution in [0.1, 0.15) is 49.3 Å². The zero-order valence-electron chi connectivity index (χ0n) is 12.6. The molecule has 0 aliphatic carbocycles. The molecule has 1 fully saturated rings. The van der Waals surface area contributed by atoms with Gasteiger partial charge in [-0.3, -0.25) is 9.69 Å². The third-order valence-electron chi connectivity index (χ3n) is 4.50. The van der Waals surface area contributed by atoms with E-state index in [1.807, 2.05) is 12.1 Å². The monoisotopic (exact) mass is 286 g/mol. The number of hydrogen-bond donors (Lipinski definition) is 2. The Morgan fingerprint density at radius 1 is 1.29 bits per heavy atom. The first-order valence-electron chi connectivity index (χ1n) is 7.54. The van der Waals surface area contributed by atoms with E-state index in [4.69, 9.17) is 5.73 Å². The molecule has 1 amide bonds. The molecule has 5 nitrogen and oxygen atoms in total. The standard InChI is InChI=1S/C16H22N4O/c1-16(2,20-9-4-3-5-10-20)15-18-12-8-6-7-11(14(17)21)13(12)19-15/h6-8H,3-5,9-10H2,1-2H3,(H2,17,21)(H,18,19). The summed E-state index contributed by atoms with van der Waals surface area (Å²) in [4.78, 5) is 22.0. The van der Waals surface area contributed by atoms with Crippen LogP contribution in [0.25, 0.3) is 11.0 Å². The van der Waals surface area contributed by atoms with Gasteiger partial charge < -0.3 is 10.7 Å². The van der Waals surface area contributed by atoms with Crippen LogP contribution in [-0.2, 0) is 5.54 Å². The van der Waals surface area contributed by atoms with Crippen LogP contribution in [0.3, 0.4) is 0 Å². The minimum absolute atomic E-state index is 0.172. The molecule has 0 bridgehead atoms. The Kier molecular flexibility index (Phi) is 3.45. The number of imidazole rings is 1. The van der Waals surface area contributed by atoms with E-state index in [9.17, 15) is 4.79 Å². The summed E-state index contributed by atoms with van der Waals surface area (Å²) in [6.07, 6.45) is 3.77. The fourth-order valence-electron chi connectivity index (χ4n) is 3.12. The fraction of sp³-hybridized carbons (Fsp3) is 0.500. The second kappa shape index (κ2) is 5.15. The largest absolute Gasteiger partial charge is 0.366 e. The molecule has 0 spiro atoms. The number of H-pyrrole nitrogens is 1. The molecule has 1 aliphatic heterocycles. The number of aromatic amines is 1. The first-order valence-corrected chi connectivity index (χ1v) is 7.54. The molecule has 2 aromatic rings. The lowest BCUT2D eigenvalue weighted by atomic mass is 9.98. The van der Waals surface area contributed by atoms with Crippen LogP contribution in [0.5, 0.6) is 0 Å². The minimum atomic E-state index is -0.436. The van der Waals surface area contributed by atoms with Crippen molar-refractivity contribution in [3.05, 3.63) is 29.6 Å². The maximum Gasteiger partial charge on any atom is 0.250 e. The highest BCUT2D eigenvalue weighted by Gasteiger charge is 2.32. The van der Waals surface area contributed by atoms with E-state index < -0.39 is 5.91 Å². The van der Waals surface area contributed by atoms with Crippen LogP contribution < -0.4 is 5.73 Å². The number of piperidine rings is 1. The molecule has 3 rings (SSSR count). The van der Waals surface area contributed by atoms with Gasteiger partial charge in [0.2, 0.25) is 0 Å². The number of carbonyl (C=O) groups is 1. The van der Waals surface area contributed by atoms with Gasteiger partial charge in [0, 0.05) is 0 Å². The third kappa shape index (κ3) is 2.42. The number of aromatic nitrogens is 2. The molecular weight excluding hydrogens is 264 g/mol. The molecule has 1 aliphatic rings. The Balaban J connectivity index is 2.04. The summed E-state index contributed by atoms with van der Waals surface area (Å²) in [5, 5.41) is 0. The molecule has 0 unspecified atom stereocenters. The smallest absolute Gasteiger partial charge is 0.250 e. The van der Waals surface area contributed by atoms with Crippen molar-refractivity contribution < 1.29 is 4.79 Å². The SMILES string of the molecule is CC(C)(c1nc2c(C(N)=O)cccc2[nH]1)N1CCCCC1. The second-order valence-corrected chi connectivity index (χ2v) is 6.26. The van der Waals surface area contributed by atoms with Crippen LogP contribution in [0.15, 0.2) is 18.2 Å².